The summed E-state index contributed by atoms with van der Waals surface area (Å²) in [4.78, 5) is 15.1. The highest BCUT2D eigenvalue weighted by Crippen LogP contribution is 2.18. The van der Waals surface area contributed by atoms with E-state index in [1.165, 1.54) is 0 Å². The number of carboxylic acids is 1. The molecule has 2 N–H and O–H groups in total. The molecule has 0 amide bonds. The number of rotatable bonds is 3. The molecule has 1 aromatic heterocycles. The van der Waals surface area contributed by atoms with Gasteiger partial charge >= 0.3 is 5.97 Å². The van der Waals surface area contributed by atoms with Crippen molar-refractivity contribution < 1.29 is 9.90 Å². The van der Waals surface area contributed by atoms with Crippen LogP contribution in [0.1, 0.15) is 28.5 Å². The second-order valence-electron chi connectivity index (χ2n) is 3.14. The highest BCUT2D eigenvalue weighted by molar-refractivity contribution is 5.94. The third-order valence-corrected chi connectivity index (χ3v) is 1.90. The Morgan fingerprint density at radius 1 is 1.57 bits per heavy atom. The number of aryl methyl sites for hydroxylation is 2. The van der Waals surface area contributed by atoms with Crippen LogP contribution in [0, 0.1) is 13.8 Å². The largest absolute Gasteiger partial charge is 0.478 e. The van der Waals surface area contributed by atoms with Crippen LogP contribution in [0.4, 0.5) is 5.82 Å². The molecule has 0 atom stereocenters. The number of aromatic carboxylic acids is 1. The molecule has 0 aliphatic carbocycles. The van der Waals surface area contributed by atoms with Gasteiger partial charge < -0.3 is 10.4 Å². The van der Waals surface area contributed by atoms with Crippen molar-refractivity contribution in [3.8, 4) is 0 Å². The second kappa shape index (κ2) is 4.09. The smallest absolute Gasteiger partial charge is 0.339 e. The van der Waals surface area contributed by atoms with E-state index in [-0.39, 0.29) is 5.56 Å². The van der Waals surface area contributed by atoms with Crippen molar-refractivity contribution in [3.05, 3.63) is 22.9 Å². The normalized spacial score (nSPS) is 9.93. The minimum absolute atomic E-state index is 0.262. The fourth-order valence-electron chi connectivity index (χ4n) is 1.40. The fraction of sp³-hybridized carbons (Fsp3) is 0.400. The predicted molar refractivity (Wildman–Crippen MR) is 54.8 cm³/mol. The molecule has 4 heteroatoms. The molecule has 0 radical (unpaired) electrons. The molecule has 76 valence electrons. The van der Waals surface area contributed by atoms with E-state index in [0.29, 0.717) is 12.4 Å². The molecular weight excluding hydrogens is 180 g/mol. The summed E-state index contributed by atoms with van der Waals surface area (Å²) in [6.45, 7) is 6.19. The third kappa shape index (κ3) is 2.02. The molecule has 0 saturated heterocycles. The van der Waals surface area contributed by atoms with Gasteiger partial charge in [-0.25, -0.2) is 9.78 Å². The lowest BCUT2D eigenvalue weighted by Crippen LogP contribution is -2.10. The summed E-state index contributed by atoms with van der Waals surface area (Å²) < 4.78 is 0. The van der Waals surface area contributed by atoms with Gasteiger partial charge in [0.2, 0.25) is 0 Å². The van der Waals surface area contributed by atoms with Crippen molar-refractivity contribution in [1.29, 1.82) is 0 Å². The lowest BCUT2D eigenvalue weighted by atomic mass is 10.1. The molecule has 4 nitrogen and oxygen atoms in total. The van der Waals surface area contributed by atoms with Gasteiger partial charge in [0.15, 0.2) is 0 Å². The Labute approximate surface area is 83.0 Å². The first-order valence-corrected chi connectivity index (χ1v) is 4.51. The number of anilines is 1. The molecule has 0 aliphatic rings. The number of carbonyl (C=O) groups is 1. The topological polar surface area (TPSA) is 62.2 Å². The summed E-state index contributed by atoms with van der Waals surface area (Å²) >= 11 is 0. The van der Waals surface area contributed by atoms with E-state index in [1.54, 1.807) is 13.0 Å². The Balaban J connectivity index is 3.28. The monoisotopic (exact) mass is 194 g/mol. The summed E-state index contributed by atoms with van der Waals surface area (Å²) in [6.07, 6.45) is 0. The van der Waals surface area contributed by atoms with E-state index < -0.39 is 5.97 Å². The van der Waals surface area contributed by atoms with Gasteiger partial charge in [-0.3, -0.25) is 0 Å². The van der Waals surface area contributed by atoms with Crippen LogP contribution < -0.4 is 5.32 Å². The first kappa shape index (κ1) is 10.5. The Morgan fingerprint density at radius 2 is 2.21 bits per heavy atom. The van der Waals surface area contributed by atoms with E-state index in [4.69, 9.17) is 5.11 Å². The molecule has 0 saturated carbocycles. The van der Waals surface area contributed by atoms with Crippen molar-refractivity contribution in [2.45, 2.75) is 20.8 Å². The van der Waals surface area contributed by atoms with Gasteiger partial charge in [0.05, 0.1) is 0 Å². The van der Waals surface area contributed by atoms with Gasteiger partial charge in [0, 0.05) is 12.2 Å². The molecule has 14 heavy (non-hydrogen) atoms. The van der Waals surface area contributed by atoms with Crippen LogP contribution in [-0.4, -0.2) is 22.6 Å². The third-order valence-electron chi connectivity index (χ3n) is 1.90. The number of hydrogen-bond donors (Lipinski definition) is 2. The summed E-state index contributed by atoms with van der Waals surface area (Å²) in [5, 5.41) is 11.9. The first-order valence-electron chi connectivity index (χ1n) is 4.51. The number of nitrogens with one attached hydrogen (secondary N) is 1. The molecule has 0 fully saturated rings. The van der Waals surface area contributed by atoms with Crippen molar-refractivity contribution in [2.24, 2.45) is 0 Å². The number of hydrogen-bond acceptors (Lipinski definition) is 3. The Bertz CT molecular complexity index is 361. The van der Waals surface area contributed by atoms with Crippen molar-refractivity contribution in [3.63, 3.8) is 0 Å². The highest BCUT2D eigenvalue weighted by atomic mass is 16.4. The Hall–Kier alpha value is -1.58. The maximum Gasteiger partial charge on any atom is 0.339 e. The van der Waals surface area contributed by atoms with Gasteiger partial charge in [-0.15, -0.1) is 0 Å². The second-order valence-corrected chi connectivity index (χ2v) is 3.14. The quantitative estimate of drug-likeness (QED) is 0.770. The molecule has 0 aromatic carbocycles. The SMILES string of the molecule is CCNc1nc(C)cc(C)c1C(=O)O. The molecule has 1 heterocycles. The number of nitrogens with zero attached hydrogens (tertiary/aromatic N) is 1. The lowest BCUT2D eigenvalue weighted by molar-refractivity contribution is 0.0697. The number of pyridine rings is 1. The highest BCUT2D eigenvalue weighted by Gasteiger charge is 2.14. The predicted octanol–water partition coefficient (Wildman–Crippen LogP) is 1.83. The van der Waals surface area contributed by atoms with Crippen LogP contribution in [0.25, 0.3) is 0 Å². The van der Waals surface area contributed by atoms with Crippen molar-refractivity contribution >= 4 is 11.8 Å². The molecule has 0 bridgehead atoms. The lowest BCUT2D eigenvalue weighted by Gasteiger charge is -2.09. The maximum atomic E-state index is 10.9. The van der Waals surface area contributed by atoms with Gasteiger partial charge in [-0.05, 0) is 32.4 Å². The van der Waals surface area contributed by atoms with E-state index >= 15 is 0 Å². The summed E-state index contributed by atoms with van der Waals surface area (Å²) in [5.41, 5.74) is 1.82. The zero-order valence-corrected chi connectivity index (χ0v) is 8.59. The maximum absolute atomic E-state index is 10.9. The van der Waals surface area contributed by atoms with E-state index in [2.05, 4.69) is 10.3 Å². The van der Waals surface area contributed by atoms with E-state index in [0.717, 1.165) is 11.3 Å². The zero-order chi connectivity index (χ0) is 10.7. The van der Waals surface area contributed by atoms with Crippen molar-refractivity contribution in [2.75, 3.05) is 11.9 Å². The summed E-state index contributed by atoms with van der Waals surface area (Å²) in [6, 6.07) is 1.77. The van der Waals surface area contributed by atoms with Gasteiger partial charge in [-0.2, -0.15) is 0 Å². The molecule has 1 rings (SSSR count). The molecule has 0 spiro atoms. The Kier molecular flexibility index (Phi) is 3.06. The number of carboxylic acid groups (broad SMARTS) is 1. The summed E-state index contributed by atoms with van der Waals surface area (Å²) in [5.74, 6) is -0.483. The number of aromatic nitrogens is 1. The van der Waals surface area contributed by atoms with Crippen molar-refractivity contribution in [1.82, 2.24) is 4.98 Å². The standard InChI is InChI=1S/C10H14N2O2/c1-4-11-9-8(10(13)14)6(2)5-7(3)12-9/h5H,4H2,1-3H3,(H,11,12)(H,13,14). The van der Waals surface area contributed by atoms with Gasteiger partial charge in [0.25, 0.3) is 0 Å². The van der Waals surface area contributed by atoms with E-state index in [1.807, 2.05) is 13.8 Å². The van der Waals surface area contributed by atoms with Crippen LogP contribution >= 0.6 is 0 Å². The van der Waals surface area contributed by atoms with E-state index in [9.17, 15) is 4.79 Å². The average molecular weight is 194 g/mol. The summed E-state index contributed by atoms with van der Waals surface area (Å²) in [7, 11) is 0. The first-order chi connectivity index (χ1) is 6.56. The minimum Gasteiger partial charge on any atom is -0.478 e. The zero-order valence-electron chi connectivity index (χ0n) is 8.59. The molecule has 0 unspecified atom stereocenters. The van der Waals surface area contributed by atoms with Crippen LogP contribution in [0.15, 0.2) is 6.07 Å². The van der Waals surface area contributed by atoms with Gasteiger partial charge in [-0.1, -0.05) is 0 Å². The van der Waals surface area contributed by atoms with Gasteiger partial charge in [0.1, 0.15) is 11.4 Å². The average Bonchev–Trinajstić information content (AvgIpc) is 2.01. The van der Waals surface area contributed by atoms with Crippen LogP contribution in [-0.2, 0) is 0 Å². The van der Waals surface area contributed by atoms with Crippen LogP contribution in [0.3, 0.4) is 0 Å². The van der Waals surface area contributed by atoms with Crippen LogP contribution in [0.2, 0.25) is 0 Å². The fourth-order valence-corrected chi connectivity index (χ4v) is 1.40. The minimum atomic E-state index is -0.939. The molecular formula is C10H14N2O2. The van der Waals surface area contributed by atoms with Crippen LogP contribution in [0.5, 0.6) is 0 Å². The molecule has 1 aromatic rings. The molecule has 0 aliphatic heterocycles. The Morgan fingerprint density at radius 3 is 2.71 bits per heavy atom.